The first-order valence-electron chi connectivity index (χ1n) is 11.7. The van der Waals surface area contributed by atoms with Crippen molar-refractivity contribution in [3.05, 3.63) is 60.0 Å². The summed E-state index contributed by atoms with van der Waals surface area (Å²) in [6.07, 6.45) is 4.93. The van der Waals surface area contributed by atoms with Crippen LogP contribution in [-0.4, -0.2) is 66.3 Å². The summed E-state index contributed by atoms with van der Waals surface area (Å²) in [5.41, 5.74) is 2.86. The zero-order valence-corrected chi connectivity index (χ0v) is 19.9. The van der Waals surface area contributed by atoms with Crippen molar-refractivity contribution < 1.29 is 13.2 Å². The van der Waals surface area contributed by atoms with E-state index in [-0.39, 0.29) is 5.91 Å². The molecule has 1 aromatic carbocycles. The van der Waals surface area contributed by atoms with E-state index in [1.807, 2.05) is 29.2 Å². The maximum Gasteiger partial charge on any atom is 0.243 e. The maximum atomic E-state index is 13.5. The van der Waals surface area contributed by atoms with Crippen molar-refractivity contribution in [2.75, 3.05) is 47.8 Å². The molecule has 3 aliphatic heterocycles. The third-order valence-corrected chi connectivity index (χ3v) is 8.68. The van der Waals surface area contributed by atoms with Gasteiger partial charge < -0.3 is 15.1 Å². The van der Waals surface area contributed by atoms with Crippen molar-refractivity contribution in [2.45, 2.75) is 24.2 Å². The van der Waals surface area contributed by atoms with Crippen LogP contribution in [0.3, 0.4) is 0 Å². The molecule has 10 nitrogen and oxygen atoms in total. The minimum atomic E-state index is -3.63. The van der Waals surface area contributed by atoms with Gasteiger partial charge >= 0.3 is 0 Å². The fourth-order valence-corrected chi connectivity index (χ4v) is 6.56. The van der Waals surface area contributed by atoms with E-state index >= 15 is 0 Å². The number of benzene rings is 1. The summed E-state index contributed by atoms with van der Waals surface area (Å²) < 4.78 is 28.6. The second kappa shape index (κ2) is 8.58. The lowest BCUT2D eigenvalue weighted by Gasteiger charge is -2.35. The van der Waals surface area contributed by atoms with Gasteiger partial charge in [0.25, 0.3) is 0 Å². The number of aryl methyl sites for hydroxylation is 1. The highest BCUT2D eigenvalue weighted by atomic mass is 32.2. The van der Waals surface area contributed by atoms with Crippen molar-refractivity contribution in [1.82, 2.24) is 19.3 Å². The first-order chi connectivity index (χ1) is 17.0. The van der Waals surface area contributed by atoms with Gasteiger partial charge in [0.1, 0.15) is 23.8 Å². The number of aromatic nitrogens is 3. The molecule has 0 aliphatic carbocycles. The molecule has 6 rings (SSSR count). The van der Waals surface area contributed by atoms with Crippen LogP contribution in [0.25, 0.3) is 0 Å². The fourth-order valence-electron chi connectivity index (χ4n) is 5.04. The number of hydrogen-bond acceptors (Lipinski definition) is 8. The first kappa shape index (κ1) is 21.9. The second-order valence-corrected chi connectivity index (χ2v) is 10.8. The van der Waals surface area contributed by atoms with Gasteiger partial charge in [-0.2, -0.15) is 4.31 Å². The van der Waals surface area contributed by atoms with Crippen LogP contribution in [0.2, 0.25) is 0 Å². The number of anilines is 4. The molecule has 180 valence electrons. The van der Waals surface area contributed by atoms with Crippen LogP contribution in [0.5, 0.6) is 0 Å². The SMILES string of the molecule is O=C1CCc2cc(S(=O)(=O)N3CCN(c4cc(Nc5ccccn5)ncn4)CC3)cc3c2N1CC3. The molecule has 0 saturated carbocycles. The molecule has 11 heteroatoms. The molecular formula is C24H25N7O3S. The van der Waals surface area contributed by atoms with E-state index in [0.717, 1.165) is 22.6 Å². The molecule has 0 unspecified atom stereocenters. The fraction of sp³-hybridized carbons (Fsp3) is 0.333. The number of carbonyl (C=O) groups excluding carboxylic acids is 1. The quantitative estimate of drug-likeness (QED) is 0.577. The highest BCUT2D eigenvalue weighted by molar-refractivity contribution is 7.89. The molecule has 1 fully saturated rings. The smallest absolute Gasteiger partial charge is 0.243 e. The standard InChI is InChI=1S/C24H25N7O3S/c32-23-5-4-17-13-19(14-18-6-8-31(23)24(17)18)35(33,34)30-11-9-29(10-12-30)22-15-21(26-16-27-22)28-20-3-1-2-7-25-20/h1-3,7,13-16H,4-6,8-12H2,(H,25,26,27,28). The van der Waals surface area contributed by atoms with E-state index in [4.69, 9.17) is 0 Å². The van der Waals surface area contributed by atoms with E-state index in [0.29, 0.717) is 68.5 Å². The zero-order valence-electron chi connectivity index (χ0n) is 19.1. The minimum absolute atomic E-state index is 0.131. The summed E-state index contributed by atoms with van der Waals surface area (Å²) in [6.45, 7) is 2.43. The summed E-state index contributed by atoms with van der Waals surface area (Å²) in [7, 11) is -3.63. The van der Waals surface area contributed by atoms with Gasteiger partial charge in [0.05, 0.1) is 10.6 Å². The van der Waals surface area contributed by atoms with Crippen molar-refractivity contribution in [3.63, 3.8) is 0 Å². The van der Waals surface area contributed by atoms with Gasteiger partial charge in [0.15, 0.2) is 0 Å². The van der Waals surface area contributed by atoms with E-state index in [1.54, 1.807) is 22.6 Å². The predicted octanol–water partition coefficient (Wildman–Crippen LogP) is 1.96. The monoisotopic (exact) mass is 491 g/mol. The molecule has 1 saturated heterocycles. The molecule has 3 aliphatic rings. The third-order valence-electron chi connectivity index (χ3n) is 6.80. The molecule has 0 bridgehead atoms. The van der Waals surface area contributed by atoms with Crippen LogP contribution < -0.4 is 15.1 Å². The summed E-state index contributed by atoms with van der Waals surface area (Å²) in [4.78, 5) is 29.3. The van der Waals surface area contributed by atoms with Crippen molar-refractivity contribution in [3.8, 4) is 0 Å². The zero-order chi connectivity index (χ0) is 24.0. The first-order valence-corrected chi connectivity index (χ1v) is 13.1. The number of carbonyl (C=O) groups is 1. The van der Waals surface area contributed by atoms with Crippen LogP contribution in [0.15, 0.2) is 53.8 Å². The number of sulfonamides is 1. The lowest BCUT2D eigenvalue weighted by atomic mass is 10.00. The number of pyridine rings is 1. The molecule has 0 atom stereocenters. The van der Waals surface area contributed by atoms with Crippen molar-refractivity contribution >= 4 is 39.1 Å². The van der Waals surface area contributed by atoms with Gasteiger partial charge in [-0.3, -0.25) is 4.79 Å². The molecule has 35 heavy (non-hydrogen) atoms. The number of rotatable bonds is 5. The summed E-state index contributed by atoms with van der Waals surface area (Å²) >= 11 is 0. The van der Waals surface area contributed by atoms with E-state index in [1.165, 1.54) is 6.33 Å². The van der Waals surface area contributed by atoms with Gasteiger partial charge in [-0.1, -0.05) is 6.07 Å². The van der Waals surface area contributed by atoms with Gasteiger partial charge in [-0.25, -0.2) is 23.4 Å². The third kappa shape index (κ3) is 4.00. The van der Waals surface area contributed by atoms with Gasteiger partial charge in [-0.05, 0) is 48.2 Å². The molecule has 0 spiro atoms. The molecular weight excluding hydrogens is 466 g/mol. The summed E-state index contributed by atoms with van der Waals surface area (Å²) in [5, 5.41) is 3.16. The number of nitrogens with one attached hydrogen (secondary N) is 1. The average Bonchev–Trinajstić information content (AvgIpc) is 3.33. The van der Waals surface area contributed by atoms with Crippen LogP contribution in [0.4, 0.5) is 23.1 Å². The molecule has 5 heterocycles. The number of piperazine rings is 1. The van der Waals surface area contributed by atoms with Gasteiger partial charge in [0, 0.05) is 51.4 Å². The largest absolute Gasteiger partial charge is 0.354 e. The molecule has 3 aromatic rings. The maximum absolute atomic E-state index is 13.5. The van der Waals surface area contributed by atoms with Crippen molar-refractivity contribution in [2.24, 2.45) is 0 Å². The molecule has 1 N–H and O–H groups in total. The second-order valence-electron chi connectivity index (χ2n) is 8.88. The Bertz CT molecular complexity index is 1390. The lowest BCUT2D eigenvalue weighted by molar-refractivity contribution is -0.118. The van der Waals surface area contributed by atoms with Crippen molar-refractivity contribution in [1.29, 1.82) is 0 Å². The Morgan fingerprint density at radius 3 is 2.40 bits per heavy atom. The Labute approximate surface area is 203 Å². The Kier molecular flexibility index (Phi) is 5.37. The highest BCUT2D eigenvalue weighted by Gasteiger charge is 2.35. The summed E-state index contributed by atoms with van der Waals surface area (Å²) in [6, 6.07) is 11.0. The van der Waals surface area contributed by atoms with E-state index in [2.05, 4.69) is 25.2 Å². The molecule has 1 amide bonds. The Hall–Kier alpha value is -3.57. The molecule has 0 radical (unpaired) electrons. The van der Waals surface area contributed by atoms with E-state index in [9.17, 15) is 13.2 Å². The summed E-state index contributed by atoms with van der Waals surface area (Å²) in [5.74, 6) is 2.19. The van der Waals surface area contributed by atoms with Crippen LogP contribution in [0, 0.1) is 0 Å². The van der Waals surface area contributed by atoms with Crippen LogP contribution >= 0.6 is 0 Å². The van der Waals surface area contributed by atoms with Gasteiger partial charge in [0.2, 0.25) is 15.9 Å². The van der Waals surface area contributed by atoms with E-state index < -0.39 is 10.0 Å². The Balaban J connectivity index is 1.17. The normalized spacial score (nSPS) is 18.0. The Morgan fingerprint density at radius 1 is 0.829 bits per heavy atom. The minimum Gasteiger partial charge on any atom is -0.354 e. The van der Waals surface area contributed by atoms with Crippen LogP contribution in [0.1, 0.15) is 17.5 Å². The highest BCUT2D eigenvalue weighted by Crippen LogP contribution is 2.39. The number of amides is 1. The number of hydrogen-bond donors (Lipinski definition) is 1. The topological polar surface area (TPSA) is 112 Å². The Morgan fingerprint density at radius 2 is 1.63 bits per heavy atom. The van der Waals surface area contributed by atoms with Gasteiger partial charge in [-0.15, -0.1) is 0 Å². The average molecular weight is 492 g/mol. The predicted molar refractivity (Wildman–Crippen MR) is 131 cm³/mol. The number of nitrogens with zero attached hydrogens (tertiary/aromatic N) is 6. The molecule has 2 aromatic heterocycles. The lowest BCUT2D eigenvalue weighted by Crippen LogP contribution is -2.49. The van der Waals surface area contributed by atoms with Crippen LogP contribution in [-0.2, 0) is 27.7 Å².